The molecule has 0 radical (unpaired) electrons. The fourth-order valence-electron chi connectivity index (χ4n) is 2.12. The lowest BCUT2D eigenvalue weighted by molar-refractivity contribution is 0.172. The second-order valence-corrected chi connectivity index (χ2v) is 4.95. The maximum atomic E-state index is 13.9. The van der Waals surface area contributed by atoms with Gasteiger partial charge < -0.3 is 14.6 Å². The van der Waals surface area contributed by atoms with Crippen molar-refractivity contribution in [3.05, 3.63) is 58.4 Å². The van der Waals surface area contributed by atoms with E-state index in [-0.39, 0.29) is 11.4 Å². The van der Waals surface area contributed by atoms with Crippen molar-refractivity contribution >= 4 is 11.6 Å². The predicted molar refractivity (Wildman–Crippen MR) is 79.6 cm³/mol. The highest BCUT2D eigenvalue weighted by Crippen LogP contribution is 2.32. The zero-order valence-electron chi connectivity index (χ0n) is 11.8. The molecule has 5 heteroatoms. The van der Waals surface area contributed by atoms with Gasteiger partial charge in [0.25, 0.3) is 0 Å². The first kappa shape index (κ1) is 15.6. The van der Waals surface area contributed by atoms with Gasteiger partial charge in [0.1, 0.15) is 17.3 Å². The Labute approximate surface area is 127 Å². The Morgan fingerprint density at radius 2 is 1.95 bits per heavy atom. The van der Waals surface area contributed by atoms with E-state index in [1.165, 1.54) is 13.2 Å². The lowest BCUT2D eigenvalue weighted by atomic mass is 10.00. The molecule has 2 aromatic carbocycles. The van der Waals surface area contributed by atoms with Gasteiger partial charge in [0.15, 0.2) is 0 Å². The molecular formula is C16H16ClFO3. The lowest BCUT2D eigenvalue weighted by Crippen LogP contribution is -2.06. The van der Waals surface area contributed by atoms with Crippen LogP contribution in [0.1, 0.15) is 17.2 Å². The molecule has 0 aliphatic carbocycles. The number of hydrogen-bond acceptors (Lipinski definition) is 3. The van der Waals surface area contributed by atoms with E-state index in [0.717, 1.165) is 0 Å². The predicted octanol–water partition coefficient (Wildman–Crippen LogP) is 3.77. The molecule has 1 unspecified atom stereocenters. The number of benzene rings is 2. The van der Waals surface area contributed by atoms with Crippen molar-refractivity contribution in [1.29, 1.82) is 0 Å². The van der Waals surface area contributed by atoms with Crippen LogP contribution < -0.4 is 9.47 Å². The number of aliphatic hydroxyl groups excluding tert-OH is 1. The Balaban J connectivity index is 2.28. The Hall–Kier alpha value is -1.78. The first-order chi connectivity index (χ1) is 10.1. The molecule has 21 heavy (non-hydrogen) atoms. The van der Waals surface area contributed by atoms with E-state index in [0.29, 0.717) is 22.6 Å². The fourth-order valence-corrected chi connectivity index (χ4v) is 2.31. The van der Waals surface area contributed by atoms with E-state index in [2.05, 4.69) is 0 Å². The summed E-state index contributed by atoms with van der Waals surface area (Å²) in [5.41, 5.74) is 0.922. The summed E-state index contributed by atoms with van der Waals surface area (Å²) in [4.78, 5) is 0. The zero-order chi connectivity index (χ0) is 15.4. The molecule has 1 N–H and O–H groups in total. The van der Waals surface area contributed by atoms with Gasteiger partial charge in [-0.2, -0.15) is 0 Å². The molecule has 2 rings (SSSR count). The van der Waals surface area contributed by atoms with E-state index >= 15 is 0 Å². The third kappa shape index (κ3) is 3.46. The molecule has 0 saturated carbocycles. The SMILES string of the molecule is COc1ccc(C(O)Cc2cccc(Cl)c2F)c(OC)c1. The van der Waals surface area contributed by atoms with E-state index in [1.807, 2.05) is 0 Å². The summed E-state index contributed by atoms with van der Waals surface area (Å²) in [6.45, 7) is 0. The van der Waals surface area contributed by atoms with Crippen LogP contribution in [0.5, 0.6) is 11.5 Å². The minimum atomic E-state index is -0.904. The largest absolute Gasteiger partial charge is 0.497 e. The normalized spacial score (nSPS) is 12.0. The van der Waals surface area contributed by atoms with E-state index in [4.69, 9.17) is 21.1 Å². The Morgan fingerprint density at radius 1 is 1.19 bits per heavy atom. The van der Waals surface area contributed by atoms with Crippen LogP contribution >= 0.6 is 11.6 Å². The van der Waals surface area contributed by atoms with Crippen molar-refractivity contribution in [3.8, 4) is 11.5 Å². The quantitative estimate of drug-likeness (QED) is 0.913. The Morgan fingerprint density at radius 3 is 2.62 bits per heavy atom. The van der Waals surface area contributed by atoms with Crippen LogP contribution in [0.2, 0.25) is 5.02 Å². The maximum absolute atomic E-state index is 13.9. The molecule has 0 aliphatic rings. The first-order valence-corrected chi connectivity index (χ1v) is 6.77. The van der Waals surface area contributed by atoms with Gasteiger partial charge in [-0.05, 0) is 23.8 Å². The van der Waals surface area contributed by atoms with Gasteiger partial charge in [-0.3, -0.25) is 0 Å². The number of rotatable bonds is 5. The summed E-state index contributed by atoms with van der Waals surface area (Å²) in [6, 6.07) is 9.81. The molecule has 0 fully saturated rings. The number of ether oxygens (including phenoxy) is 2. The average Bonchev–Trinajstić information content (AvgIpc) is 2.51. The Bertz CT molecular complexity index is 631. The number of halogens is 2. The lowest BCUT2D eigenvalue weighted by Gasteiger charge is -2.16. The van der Waals surface area contributed by atoms with Gasteiger partial charge in [0, 0.05) is 18.1 Å². The van der Waals surface area contributed by atoms with Crippen LogP contribution in [0.25, 0.3) is 0 Å². The summed E-state index contributed by atoms with van der Waals surface area (Å²) in [7, 11) is 3.05. The van der Waals surface area contributed by atoms with Gasteiger partial charge in [-0.15, -0.1) is 0 Å². The van der Waals surface area contributed by atoms with Crippen LogP contribution in [-0.2, 0) is 6.42 Å². The van der Waals surface area contributed by atoms with Gasteiger partial charge >= 0.3 is 0 Å². The van der Waals surface area contributed by atoms with Crippen molar-refractivity contribution < 1.29 is 19.0 Å². The van der Waals surface area contributed by atoms with E-state index in [1.54, 1.807) is 37.4 Å². The van der Waals surface area contributed by atoms with Crippen molar-refractivity contribution in [1.82, 2.24) is 0 Å². The topological polar surface area (TPSA) is 38.7 Å². The second-order valence-electron chi connectivity index (χ2n) is 4.54. The molecule has 0 aliphatic heterocycles. The molecule has 0 spiro atoms. The molecule has 2 aromatic rings. The van der Waals surface area contributed by atoms with Crippen LogP contribution in [0.15, 0.2) is 36.4 Å². The molecule has 0 heterocycles. The molecule has 0 aromatic heterocycles. The highest BCUT2D eigenvalue weighted by atomic mass is 35.5. The minimum absolute atomic E-state index is 0.0430. The summed E-state index contributed by atoms with van der Waals surface area (Å²) in [5, 5.41) is 10.4. The van der Waals surface area contributed by atoms with E-state index in [9.17, 15) is 9.50 Å². The minimum Gasteiger partial charge on any atom is -0.497 e. The highest BCUT2D eigenvalue weighted by molar-refractivity contribution is 6.30. The summed E-state index contributed by atoms with van der Waals surface area (Å²) >= 11 is 5.74. The van der Waals surface area contributed by atoms with Crippen molar-refractivity contribution in [3.63, 3.8) is 0 Å². The fraction of sp³-hybridized carbons (Fsp3) is 0.250. The number of hydrogen-bond donors (Lipinski definition) is 1. The highest BCUT2D eigenvalue weighted by Gasteiger charge is 2.17. The molecular weight excluding hydrogens is 295 g/mol. The first-order valence-electron chi connectivity index (χ1n) is 6.39. The van der Waals surface area contributed by atoms with Crippen molar-refractivity contribution in [2.24, 2.45) is 0 Å². The maximum Gasteiger partial charge on any atom is 0.145 e. The van der Waals surface area contributed by atoms with E-state index < -0.39 is 11.9 Å². The summed E-state index contributed by atoms with van der Waals surface area (Å²) < 4.78 is 24.2. The molecule has 112 valence electrons. The van der Waals surface area contributed by atoms with Gasteiger partial charge in [-0.25, -0.2) is 4.39 Å². The average molecular weight is 311 g/mol. The zero-order valence-corrected chi connectivity index (χ0v) is 12.5. The molecule has 0 amide bonds. The van der Waals surface area contributed by atoms with Gasteiger partial charge in [-0.1, -0.05) is 23.7 Å². The Kier molecular flexibility index (Phi) is 5.04. The summed E-state index contributed by atoms with van der Waals surface area (Å²) in [6.07, 6.45) is -0.798. The molecule has 0 saturated heterocycles. The third-order valence-electron chi connectivity index (χ3n) is 3.24. The summed E-state index contributed by atoms with van der Waals surface area (Å²) in [5.74, 6) is 0.603. The number of aliphatic hydroxyl groups is 1. The molecule has 0 bridgehead atoms. The molecule has 1 atom stereocenters. The van der Waals surface area contributed by atoms with Crippen molar-refractivity contribution in [2.75, 3.05) is 14.2 Å². The van der Waals surface area contributed by atoms with Crippen LogP contribution in [0.3, 0.4) is 0 Å². The van der Waals surface area contributed by atoms with Gasteiger partial charge in [0.05, 0.1) is 25.3 Å². The monoisotopic (exact) mass is 310 g/mol. The van der Waals surface area contributed by atoms with Crippen molar-refractivity contribution in [2.45, 2.75) is 12.5 Å². The van der Waals surface area contributed by atoms with Crippen LogP contribution in [0, 0.1) is 5.82 Å². The standard InChI is InChI=1S/C16H16ClFO3/c1-20-11-6-7-12(15(9-11)21-2)14(19)8-10-4-3-5-13(17)16(10)18/h3-7,9,14,19H,8H2,1-2H3. The molecule has 3 nitrogen and oxygen atoms in total. The second kappa shape index (κ2) is 6.78. The smallest absolute Gasteiger partial charge is 0.145 e. The number of methoxy groups -OCH3 is 2. The van der Waals surface area contributed by atoms with Crippen LogP contribution in [-0.4, -0.2) is 19.3 Å². The van der Waals surface area contributed by atoms with Crippen LogP contribution in [0.4, 0.5) is 4.39 Å². The van der Waals surface area contributed by atoms with Gasteiger partial charge in [0.2, 0.25) is 0 Å². The third-order valence-corrected chi connectivity index (χ3v) is 3.54.